The summed E-state index contributed by atoms with van der Waals surface area (Å²) in [6, 6.07) is 7.53. The van der Waals surface area contributed by atoms with Gasteiger partial charge in [0.1, 0.15) is 0 Å². The summed E-state index contributed by atoms with van der Waals surface area (Å²) in [6.07, 6.45) is 2.23. The highest BCUT2D eigenvalue weighted by atomic mass is 35.5. The number of nitrogens with one attached hydrogen (secondary N) is 1. The SMILES string of the molecule is C=CCCNCC(O)COCc1ccccc1Cl. The maximum Gasteiger partial charge on any atom is 0.0897 e. The van der Waals surface area contributed by atoms with E-state index in [4.69, 9.17) is 16.3 Å². The van der Waals surface area contributed by atoms with E-state index in [0.29, 0.717) is 24.8 Å². The summed E-state index contributed by atoms with van der Waals surface area (Å²) < 4.78 is 5.42. The lowest BCUT2D eigenvalue weighted by atomic mass is 10.2. The summed E-state index contributed by atoms with van der Waals surface area (Å²) in [5.74, 6) is 0. The Hall–Kier alpha value is -0.870. The summed E-state index contributed by atoms with van der Waals surface area (Å²) in [5, 5.41) is 13.5. The molecule has 1 aromatic carbocycles. The minimum Gasteiger partial charge on any atom is -0.389 e. The van der Waals surface area contributed by atoms with E-state index in [2.05, 4.69) is 11.9 Å². The van der Waals surface area contributed by atoms with Crippen LogP contribution in [0.2, 0.25) is 5.02 Å². The van der Waals surface area contributed by atoms with Crippen LogP contribution in [0.25, 0.3) is 0 Å². The molecular weight excluding hydrogens is 250 g/mol. The predicted octanol–water partition coefficient (Wildman–Crippen LogP) is 2.38. The van der Waals surface area contributed by atoms with Crippen LogP contribution >= 0.6 is 11.6 Å². The number of benzene rings is 1. The normalized spacial score (nSPS) is 12.3. The zero-order chi connectivity index (χ0) is 13.2. The molecule has 18 heavy (non-hydrogen) atoms. The summed E-state index contributed by atoms with van der Waals surface area (Å²) in [4.78, 5) is 0. The van der Waals surface area contributed by atoms with Gasteiger partial charge in [0.25, 0.3) is 0 Å². The van der Waals surface area contributed by atoms with Gasteiger partial charge in [0.05, 0.1) is 19.3 Å². The molecule has 2 N–H and O–H groups in total. The van der Waals surface area contributed by atoms with Crippen LogP contribution in [0.4, 0.5) is 0 Å². The molecule has 0 aliphatic rings. The van der Waals surface area contributed by atoms with Gasteiger partial charge in [-0.3, -0.25) is 0 Å². The minimum absolute atomic E-state index is 0.298. The number of rotatable bonds is 9. The lowest BCUT2D eigenvalue weighted by Crippen LogP contribution is -2.30. The third kappa shape index (κ3) is 6.17. The second-order valence-corrected chi connectivity index (χ2v) is 4.45. The van der Waals surface area contributed by atoms with Crippen molar-refractivity contribution in [1.82, 2.24) is 5.32 Å². The van der Waals surface area contributed by atoms with Crippen molar-refractivity contribution in [3.05, 3.63) is 47.5 Å². The van der Waals surface area contributed by atoms with E-state index in [1.165, 1.54) is 0 Å². The van der Waals surface area contributed by atoms with Crippen LogP contribution in [0.3, 0.4) is 0 Å². The fraction of sp³-hybridized carbons (Fsp3) is 0.429. The Balaban J connectivity index is 2.13. The summed E-state index contributed by atoms with van der Waals surface area (Å²) in [6.45, 7) is 5.70. The third-order valence-electron chi connectivity index (χ3n) is 2.43. The fourth-order valence-corrected chi connectivity index (χ4v) is 1.64. The van der Waals surface area contributed by atoms with E-state index < -0.39 is 6.10 Å². The molecule has 4 heteroatoms. The second kappa shape index (κ2) is 9.11. The molecule has 0 aliphatic carbocycles. The molecular formula is C14H20ClNO2. The van der Waals surface area contributed by atoms with Gasteiger partial charge in [0, 0.05) is 11.6 Å². The first kappa shape index (κ1) is 15.2. The molecule has 0 saturated heterocycles. The molecule has 0 saturated carbocycles. The lowest BCUT2D eigenvalue weighted by Gasteiger charge is -2.12. The molecule has 0 aromatic heterocycles. The molecule has 0 fully saturated rings. The maximum absolute atomic E-state index is 9.65. The van der Waals surface area contributed by atoms with Crippen molar-refractivity contribution in [2.75, 3.05) is 19.7 Å². The van der Waals surface area contributed by atoms with E-state index in [-0.39, 0.29) is 0 Å². The van der Waals surface area contributed by atoms with Gasteiger partial charge < -0.3 is 15.2 Å². The van der Waals surface area contributed by atoms with Gasteiger partial charge in [0.2, 0.25) is 0 Å². The Morgan fingerprint density at radius 2 is 2.22 bits per heavy atom. The van der Waals surface area contributed by atoms with E-state index >= 15 is 0 Å². The smallest absolute Gasteiger partial charge is 0.0897 e. The zero-order valence-corrected chi connectivity index (χ0v) is 11.2. The molecule has 1 atom stereocenters. The van der Waals surface area contributed by atoms with Gasteiger partial charge in [-0.15, -0.1) is 6.58 Å². The van der Waals surface area contributed by atoms with E-state index in [1.54, 1.807) is 0 Å². The summed E-state index contributed by atoms with van der Waals surface area (Å²) in [7, 11) is 0. The second-order valence-electron chi connectivity index (χ2n) is 4.04. The number of aliphatic hydroxyl groups is 1. The topological polar surface area (TPSA) is 41.5 Å². The van der Waals surface area contributed by atoms with Crippen molar-refractivity contribution in [2.24, 2.45) is 0 Å². The number of hydrogen-bond donors (Lipinski definition) is 2. The van der Waals surface area contributed by atoms with Gasteiger partial charge >= 0.3 is 0 Å². The molecule has 0 spiro atoms. The molecule has 1 rings (SSSR count). The van der Waals surface area contributed by atoms with Crippen LogP contribution in [0, 0.1) is 0 Å². The molecule has 0 radical (unpaired) electrons. The molecule has 3 nitrogen and oxygen atoms in total. The first-order valence-corrected chi connectivity index (χ1v) is 6.42. The average Bonchev–Trinajstić information content (AvgIpc) is 2.37. The van der Waals surface area contributed by atoms with Crippen LogP contribution in [0.15, 0.2) is 36.9 Å². The molecule has 1 aromatic rings. The highest BCUT2D eigenvalue weighted by Gasteiger charge is 2.04. The average molecular weight is 270 g/mol. The quantitative estimate of drug-likeness (QED) is 0.534. The Kier molecular flexibility index (Phi) is 7.69. The number of halogens is 1. The van der Waals surface area contributed by atoms with Gasteiger partial charge in [-0.2, -0.15) is 0 Å². The van der Waals surface area contributed by atoms with Crippen LogP contribution in [0.5, 0.6) is 0 Å². The maximum atomic E-state index is 9.65. The van der Waals surface area contributed by atoms with Crippen molar-refractivity contribution in [3.63, 3.8) is 0 Å². The first-order chi connectivity index (χ1) is 8.74. The Bertz CT molecular complexity index is 357. The number of hydrogen-bond acceptors (Lipinski definition) is 3. The highest BCUT2D eigenvalue weighted by Crippen LogP contribution is 2.15. The number of ether oxygens (including phenoxy) is 1. The monoisotopic (exact) mass is 269 g/mol. The summed E-state index contributed by atoms with van der Waals surface area (Å²) >= 11 is 5.99. The lowest BCUT2D eigenvalue weighted by molar-refractivity contribution is 0.0290. The van der Waals surface area contributed by atoms with Crippen LogP contribution < -0.4 is 5.32 Å². The van der Waals surface area contributed by atoms with Crippen molar-refractivity contribution in [3.8, 4) is 0 Å². The Morgan fingerprint density at radius 3 is 2.94 bits per heavy atom. The van der Waals surface area contributed by atoms with E-state index in [0.717, 1.165) is 18.5 Å². The Morgan fingerprint density at radius 1 is 1.44 bits per heavy atom. The number of aliphatic hydroxyl groups excluding tert-OH is 1. The van der Waals surface area contributed by atoms with Crippen LogP contribution in [-0.2, 0) is 11.3 Å². The molecule has 100 valence electrons. The molecule has 0 heterocycles. The van der Waals surface area contributed by atoms with E-state index in [1.807, 2.05) is 30.3 Å². The van der Waals surface area contributed by atoms with Crippen molar-refractivity contribution < 1.29 is 9.84 Å². The zero-order valence-electron chi connectivity index (χ0n) is 10.4. The van der Waals surface area contributed by atoms with Gasteiger partial charge in [0.15, 0.2) is 0 Å². The summed E-state index contributed by atoms with van der Waals surface area (Å²) in [5.41, 5.74) is 0.936. The Labute approximate surface area is 113 Å². The van der Waals surface area contributed by atoms with Crippen molar-refractivity contribution in [1.29, 1.82) is 0 Å². The molecule has 0 bridgehead atoms. The van der Waals surface area contributed by atoms with Gasteiger partial charge in [-0.25, -0.2) is 0 Å². The highest BCUT2D eigenvalue weighted by molar-refractivity contribution is 6.31. The van der Waals surface area contributed by atoms with Gasteiger partial charge in [-0.1, -0.05) is 35.9 Å². The van der Waals surface area contributed by atoms with Gasteiger partial charge in [-0.05, 0) is 24.6 Å². The van der Waals surface area contributed by atoms with Crippen LogP contribution in [-0.4, -0.2) is 30.9 Å². The van der Waals surface area contributed by atoms with Crippen molar-refractivity contribution in [2.45, 2.75) is 19.1 Å². The largest absolute Gasteiger partial charge is 0.389 e. The van der Waals surface area contributed by atoms with Crippen molar-refractivity contribution >= 4 is 11.6 Å². The first-order valence-electron chi connectivity index (χ1n) is 6.05. The van der Waals surface area contributed by atoms with Crippen LogP contribution in [0.1, 0.15) is 12.0 Å². The predicted molar refractivity (Wildman–Crippen MR) is 74.8 cm³/mol. The van der Waals surface area contributed by atoms with E-state index in [9.17, 15) is 5.11 Å². The fourth-order valence-electron chi connectivity index (χ4n) is 1.45. The molecule has 0 aliphatic heterocycles. The minimum atomic E-state index is -0.502. The molecule has 0 amide bonds. The standard InChI is InChI=1S/C14H20ClNO2/c1-2-3-8-16-9-13(17)11-18-10-12-6-4-5-7-14(12)15/h2,4-7,13,16-17H,1,3,8-11H2. The third-order valence-corrected chi connectivity index (χ3v) is 2.80. The molecule has 1 unspecified atom stereocenters.